The summed E-state index contributed by atoms with van der Waals surface area (Å²) in [6, 6.07) is 6.78. The Morgan fingerprint density at radius 3 is 2.46 bits per heavy atom. The number of allylic oxidation sites excluding steroid dienone is 4. The number of aromatic nitrogens is 2. The van der Waals surface area contributed by atoms with E-state index in [1.165, 1.54) is 62.3 Å². The Kier molecular flexibility index (Phi) is 7.55. The van der Waals surface area contributed by atoms with Crippen molar-refractivity contribution in [3.8, 4) is 0 Å². The highest BCUT2D eigenvalue weighted by Crippen LogP contribution is 2.36. The molecule has 0 amide bonds. The predicted octanol–water partition coefficient (Wildman–Crippen LogP) is 6.89. The number of benzene rings is 1. The molecule has 2 saturated carbocycles. The van der Waals surface area contributed by atoms with Gasteiger partial charge in [-0.05, 0) is 68.7 Å². The van der Waals surface area contributed by atoms with E-state index in [0.717, 1.165) is 22.8 Å². The second-order valence-corrected chi connectivity index (χ2v) is 8.66. The number of nitrogens with zero attached hydrogens (tertiary/aromatic N) is 2. The van der Waals surface area contributed by atoms with Gasteiger partial charge in [0.1, 0.15) is 5.82 Å². The second-order valence-electron chi connectivity index (χ2n) is 7.84. The van der Waals surface area contributed by atoms with Crippen molar-refractivity contribution in [2.24, 2.45) is 5.92 Å². The first-order valence-corrected chi connectivity index (χ1v) is 12.1. The molecule has 0 spiro atoms. The van der Waals surface area contributed by atoms with E-state index in [1.807, 2.05) is 24.6 Å². The number of imidazole rings is 1. The molecule has 0 saturated heterocycles. The summed E-state index contributed by atoms with van der Waals surface area (Å²) >= 11 is 1.75. The van der Waals surface area contributed by atoms with Crippen LogP contribution < -0.4 is 0 Å². The van der Waals surface area contributed by atoms with Gasteiger partial charge in [0.25, 0.3) is 0 Å². The maximum atomic E-state index is 7.53. The largest absolute Gasteiger partial charge is 0.321 e. The van der Waals surface area contributed by atoms with Crippen molar-refractivity contribution in [1.82, 2.24) is 9.55 Å². The number of rotatable bonds is 5. The first-order chi connectivity index (χ1) is 13.7. The maximum absolute atomic E-state index is 7.53. The van der Waals surface area contributed by atoms with E-state index in [-0.39, 0.29) is 0 Å². The molecule has 28 heavy (non-hydrogen) atoms. The second kappa shape index (κ2) is 10.1. The molecular weight excluding hydrogens is 362 g/mol. The van der Waals surface area contributed by atoms with Crippen molar-refractivity contribution in [2.45, 2.75) is 57.9 Å². The average molecular weight is 396 g/mol. The van der Waals surface area contributed by atoms with Crippen molar-refractivity contribution in [3.05, 3.63) is 47.8 Å². The lowest BCUT2D eigenvalue weighted by atomic mass is 9.94. The Labute approximate surface area is 173 Å². The van der Waals surface area contributed by atoms with E-state index >= 15 is 0 Å². The number of thioether (sulfide) groups is 1. The minimum atomic E-state index is 0.545. The van der Waals surface area contributed by atoms with Crippen molar-refractivity contribution < 1.29 is 0 Å². The van der Waals surface area contributed by atoms with E-state index in [4.69, 9.17) is 10.4 Å². The Balaban J connectivity index is 0.000000706. The third-order valence-electron chi connectivity index (χ3n) is 5.56. The number of hydrogen-bond donors (Lipinski definition) is 1. The molecule has 3 nitrogen and oxygen atoms in total. The zero-order valence-corrected chi connectivity index (χ0v) is 18.3. The van der Waals surface area contributed by atoms with Gasteiger partial charge in [0.05, 0.1) is 11.0 Å². The molecule has 0 bridgehead atoms. The van der Waals surface area contributed by atoms with Crippen LogP contribution in [0.25, 0.3) is 16.6 Å². The molecule has 2 aromatic rings. The quantitative estimate of drug-likeness (QED) is 0.442. The molecule has 1 aromatic carbocycles. The smallest absolute Gasteiger partial charge is 0.141 e. The van der Waals surface area contributed by atoms with Gasteiger partial charge in [-0.15, -0.1) is 0 Å². The number of hydrogen-bond acceptors (Lipinski definition) is 3. The molecule has 2 aliphatic rings. The van der Waals surface area contributed by atoms with E-state index in [1.54, 1.807) is 11.8 Å². The fraction of sp³-hybridized carbons (Fsp3) is 0.500. The van der Waals surface area contributed by atoms with Crippen LogP contribution in [0.2, 0.25) is 0 Å². The molecule has 0 radical (unpaired) electrons. The summed E-state index contributed by atoms with van der Waals surface area (Å²) < 4.78 is 2.48. The maximum Gasteiger partial charge on any atom is 0.141 e. The number of fused-ring (bicyclic) bond motifs is 1. The van der Waals surface area contributed by atoms with Gasteiger partial charge in [0, 0.05) is 17.8 Å². The Morgan fingerprint density at radius 1 is 1.14 bits per heavy atom. The van der Waals surface area contributed by atoms with Crippen LogP contribution in [0, 0.1) is 11.3 Å². The van der Waals surface area contributed by atoms with Gasteiger partial charge in [-0.2, -0.15) is 11.8 Å². The third-order valence-corrected chi connectivity index (χ3v) is 5.56. The molecular formula is C24H33N3S. The summed E-state index contributed by atoms with van der Waals surface area (Å²) in [5, 5.41) is 7.53. The van der Waals surface area contributed by atoms with Gasteiger partial charge in [-0.1, -0.05) is 43.6 Å². The molecule has 0 atom stereocenters. The highest BCUT2D eigenvalue weighted by Gasteiger charge is 2.23. The third kappa shape index (κ3) is 4.96. The first kappa shape index (κ1) is 20.9. The standard InChI is InChI=1S/C22H27N3.C2H6S/c1-2-18(12-10-16-8-9-16)22-24-20-14-17(15-23)11-13-21(20)25(22)19-6-4-3-5-7-19;1-3-2/h2,10-16,19,23H,3-9H2,1H3;1-2H3/b12-10-,18-2+,23-15?;. The lowest BCUT2D eigenvalue weighted by Gasteiger charge is -2.26. The van der Waals surface area contributed by atoms with Crippen LogP contribution >= 0.6 is 11.8 Å². The Bertz CT molecular complexity index is 852. The summed E-state index contributed by atoms with van der Waals surface area (Å²) in [5.41, 5.74) is 4.38. The zero-order valence-electron chi connectivity index (χ0n) is 17.4. The lowest BCUT2D eigenvalue weighted by Crippen LogP contribution is -2.15. The lowest BCUT2D eigenvalue weighted by molar-refractivity contribution is 0.358. The summed E-state index contributed by atoms with van der Waals surface area (Å²) in [6.07, 6.45) is 21.4. The molecule has 2 aliphatic carbocycles. The van der Waals surface area contributed by atoms with Crippen LogP contribution in [0.1, 0.15) is 69.3 Å². The van der Waals surface area contributed by atoms with Crippen molar-refractivity contribution in [3.63, 3.8) is 0 Å². The minimum Gasteiger partial charge on any atom is -0.321 e. The molecule has 2 fully saturated rings. The van der Waals surface area contributed by atoms with Crippen LogP contribution in [0.4, 0.5) is 0 Å². The summed E-state index contributed by atoms with van der Waals surface area (Å²) in [4.78, 5) is 5.01. The Morgan fingerprint density at radius 2 is 1.86 bits per heavy atom. The van der Waals surface area contributed by atoms with E-state index in [9.17, 15) is 0 Å². The van der Waals surface area contributed by atoms with Crippen molar-refractivity contribution in [2.75, 3.05) is 12.5 Å². The van der Waals surface area contributed by atoms with Crippen molar-refractivity contribution in [1.29, 1.82) is 5.41 Å². The van der Waals surface area contributed by atoms with Gasteiger partial charge < -0.3 is 9.98 Å². The first-order valence-electron chi connectivity index (χ1n) is 10.5. The molecule has 150 valence electrons. The molecule has 1 aromatic heterocycles. The van der Waals surface area contributed by atoms with E-state index in [2.05, 4.69) is 35.8 Å². The number of nitrogens with one attached hydrogen (secondary N) is 1. The van der Waals surface area contributed by atoms with Crippen LogP contribution in [-0.2, 0) is 0 Å². The fourth-order valence-corrected chi connectivity index (χ4v) is 3.95. The highest BCUT2D eigenvalue weighted by molar-refractivity contribution is 7.97. The average Bonchev–Trinajstić information content (AvgIpc) is 3.48. The van der Waals surface area contributed by atoms with Crippen LogP contribution in [-0.4, -0.2) is 28.3 Å². The fourth-order valence-electron chi connectivity index (χ4n) is 3.95. The van der Waals surface area contributed by atoms with Crippen molar-refractivity contribution >= 4 is 34.6 Å². The zero-order chi connectivity index (χ0) is 19.9. The Hall–Kier alpha value is -1.81. The minimum absolute atomic E-state index is 0.545. The molecule has 4 heteroatoms. The molecule has 0 unspecified atom stereocenters. The monoisotopic (exact) mass is 395 g/mol. The SMILES string of the molecule is C/C=C(\C=C/C1CC1)c1nc2cc(C=N)ccc2n1C1CCCCC1.CSC. The van der Waals surface area contributed by atoms with Crippen LogP contribution in [0.15, 0.2) is 36.4 Å². The van der Waals surface area contributed by atoms with Gasteiger partial charge in [0.15, 0.2) is 0 Å². The topological polar surface area (TPSA) is 41.7 Å². The molecule has 1 N–H and O–H groups in total. The van der Waals surface area contributed by atoms with E-state index in [0.29, 0.717) is 6.04 Å². The highest BCUT2D eigenvalue weighted by atomic mass is 32.2. The van der Waals surface area contributed by atoms with Crippen LogP contribution in [0.3, 0.4) is 0 Å². The van der Waals surface area contributed by atoms with Gasteiger partial charge >= 0.3 is 0 Å². The summed E-state index contributed by atoms with van der Waals surface area (Å²) in [6.45, 7) is 2.11. The molecule has 4 rings (SSSR count). The molecule has 1 heterocycles. The summed E-state index contributed by atoms with van der Waals surface area (Å²) in [5.74, 6) is 1.87. The van der Waals surface area contributed by atoms with E-state index < -0.39 is 0 Å². The molecule has 0 aliphatic heterocycles. The van der Waals surface area contributed by atoms with Gasteiger partial charge in [-0.25, -0.2) is 4.98 Å². The van der Waals surface area contributed by atoms with Gasteiger partial charge in [-0.3, -0.25) is 0 Å². The summed E-state index contributed by atoms with van der Waals surface area (Å²) in [7, 11) is 0. The van der Waals surface area contributed by atoms with Gasteiger partial charge in [0.2, 0.25) is 0 Å². The normalized spacial score (nSPS) is 18.3. The van der Waals surface area contributed by atoms with Crippen LogP contribution in [0.5, 0.6) is 0 Å². The predicted molar refractivity (Wildman–Crippen MR) is 125 cm³/mol.